The third-order valence-corrected chi connectivity index (χ3v) is 3.50. The summed E-state index contributed by atoms with van der Waals surface area (Å²) in [6.07, 6.45) is 0.493. The van der Waals surface area contributed by atoms with Crippen LogP contribution >= 0.6 is 0 Å². The normalized spacial score (nSPS) is 18.9. The SMILES string of the molecule is COCC(O)Cc1nc(C2COc3ccccc3C2)no1. The molecule has 1 N–H and O–H groups in total. The number of rotatable bonds is 5. The summed E-state index contributed by atoms with van der Waals surface area (Å²) in [6, 6.07) is 7.97. The molecule has 2 heterocycles. The fourth-order valence-corrected chi connectivity index (χ4v) is 2.46. The second kappa shape index (κ2) is 6.24. The van der Waals surface area contributed by atoms with Crippen molar-refractivity contribution in [2.24, 2.45) is 0 Å². The Morgan fingerprint density at radius 1 is 1.43 bits per heavy atom. The van der Waals surface area contributed by atoms with Gasteiger partial charge < -0.3 is 19.1 Å². The summed E-state index contributed by atoms with van der Waals surface area (Å²) in [5.41, 5.74) is 1.15. The molecule has 3 rings (SSSR count). The second-order valence-corrected chi connectivity index (χ2v) is 5.18. The molecule has 112 valence electrons. The third-order valence-electron chi connectivity index (χ3n) is 3.50. The quantitative estimate of drug-likeness (QED) is 0.895. The summed E-state index contributed by atoms with van der Waals surface area (Å²) in [5, 5.41) is 13.7. The van der Waals surface area contributed by atoms with Gasteiger partial charge in [0.1, 0.15) is 5.75 Å². The largest absolute Gasteiger partial charge is 0.493 e. The van der Waals surface area contributed by atoms with E-state index in [0.717, 1.165) is 17.7 Å². The fourth-order valence-electron chi connectivity index (χ4n) is 2.46. The van der Waals surface area contributed by atoms with Crippen LogP contribution in [0, 0.1) is 0 Å². The standard InChI is InChI=1S/C15H18N2O4/c1-19-9-12(18)7-14-16-15(17-21-14)11-6-10-4-2-3-5-13(10)20-8-11/h2-5,11-12,18H,6-9H2,1H3. The minimum absolute atomic E-state index is 0.0805. The van der Waals surface area contributed by atoms with Crippen LogP contribution in [0.15, 0.2) is 28.8 Å². The number of hydrogen-bond donors (Lipinski definition) is 1. The van der Waals surface area contributed by atoms with E-state index < -0.39 is 6.10 Å². The summed E-state index contributed by atoms with van der Waals surface area (Å²) < 4.78 is 15.8. The molecule has 0 fully saturated rings. The number of ether oxygens (including phenoxy) is 2. The Bertz CT molecular complexity index is 599. The highest BCUT2D eigenvalue weighted by Crippen LogP contribution is 2.30. The van der Waals surface area contributed by atoms with Gasteiger partial charge in [0.25, 0.3) is 0 Å². The molecule has 6 heteroatoms. The van der Waals surface area contributed by atoms with Gasteiger partial charge in [-0.25, -0.2) is 0 Å². The number of methoxy groups -OCH3 is 1. The molecular weight excluding hydrogens is 272 g/mol. The van der Waals surface area contributed by atoms with Crippen molar-refractivity contribution in [3.63, 3.8) is 0 Å². The summed E-state index contributed by atoms with van der Waals surface area (Å²) in [5.74, 6) is 2.06. The molecular formula is C15H18N2O4. The zero-order valence-corrected chi connectivity index (χ0v) is 11.9. The Morgan fingerprint density at radius 2 is 2.29 bits per heavy atom. The number of fused-ring (bicyclic) bond motifs is 1. The topological polar surface area (TPSA) is 77.6 Å². The highest BCUT2D eigenvalue weighted by molar-refractivity contribution is 5.36. The van der Waals surface area contributed by atoms with Gasteiger partial charge in [0.15, 0.2) is 5.82 Å². The van der Waals surface area contributed by atoms with Crippen LogP contribution in [0.2, 0.25) is 0 Å². The van der Waals surface area contributed by atoms with Gasteiger partial charge in [-0.2, -0.15) is 4.98 Å². The summed E-state index contributed by atoms with van der Waals surface area (Å²) in [7, 11) is 1.54. The predicted molar refractivity (Wildman–Crippen MR) is 74.3 cm³/mol. The molecule has 0 aliphatic carbocycles. The third kappa shape index (κ3) is 3.22. The molecule has 0 saturated heterocycles. The van der Waals surface area contributed by atoms with E-state index in [4.69, 9.17) is 14.0 Å². The average Bonchev–Trinajstić information content (AvgIpc) is 2.95. The van der Waals surface area contributed by atoms with E-state index >= 15 is 0 Å². The first kappa shape index (κ1) is 14.0. The van der Waals surface area contributed by atoms with Crippen LogP contribution < -0.4 is 4.74 Å². The van der Waals surface area contributed by atoms with Crippen molar-refractivity contribution in [3.8, 4) is 5.75 Å². The van der Waals surface area contributed by atoms with Crippen molar-refractivity contribution in [2.45, 2.75) is 24.9 Å². The number of aromatic nitrogens is 2. The molecule has 1 aliphatic rings. The van der Waals surface area contributed by atoms with Gasteiger partial charge in [0.05, 0.1) is 31.7 Å². The van der Waals surface area contributed by atoms with E-state index in [1.165, 1.54) is 0 Å². The minimum atomic E-state index is -0.633. The Morgan fingerprint density at radius 3 is 3.14 bits per heavy atom. The number of benzene rings is 1. The number of aliphatic hydroxyl groups excluding tert-OH is 1. The maximum atomic E-state index is 9.67. The maximum Gasteiger partial charge on any atom is 0.229 e. The molecule has 2 aromatic rings. The van der Waals surface area contributed by atoms with E-state index in [1.807, 2.05) is 24.3 Å². The smallest absolute Gasteiger partial charge is 0.229 e. The summed E-state index contributed by atoms with van der Waals surface area (Å²) >= 11 is 0. The fraction of sp³-hybridized carbons (Fsp3) is 0.467. The lowest BCUT2D eigenvalue weighted by molar-refractivity contribution is 0.0599. The lowest BCUT2D eigenvalue weighted by Gasteiger charge is -2.22. The van der Waals surface area contributed by atoms with Gasteiger partial charge in [-0.15, -0.1) is 0 Å². The second-order valence-electron chi connectivity index (χ2n) is 5.18. The van der Waals surface area contributed by atoms with Gasteiger partial charge in [-0.1, -0.05) is 23.4 Å². The molecule has 0 spiro atoms. The van der Waals surface area contributed by atoms with Crippen LogP contribution in [0.4, 0.5) is 0 Å². The lowest BCUT2D eigenvalue weighted by atomic mass is 9.96. The van der Waals surface area contributed by atoms with E-state index in [-0.39, 0.29) is 12.5 Å². The van der Waals surface area contributed by atoms with Gasteiger partial charge in [-0.05, 0) is 18.1 Å². The Kier molecular flexibility index (Phi) is 4.17. The van der Waals surface area contributed by atoms with Gasteiger partial charge in [0.2, 0.25) is 5.89 Å². The number of nitrogens with zero attached hydrogens (tertiary/aromatic N) is 2. The first-order chi connectivity index (χ1) is 10.3. The van der Waals surface area contributed by atoms with Crippen LogP contribution in [-0.4, -0.2) is 41.7 Å². The molecule has 2 atom stereocenters. The van der Waals surface area contributed by atoms with Gasteiger partial charge in [-0.3, -0.25) is 0 Å². The minimum Gasteiger partial charge on any atom is -0.493 e. The number of hydrogen-bond acceptors (Lipinski definition) is 6. The zero-order chi connectivity index (χ0) is 14.7. The van der Waals surface area contributed by atoms with Gasteiger partial charge >= 0.3 is 0 Å². The highest BCUT2D eigenvalue weighted by atomic mass is 16.5. The van der Waals surface area contributed by atoms with Crippen LogP contribution in [0.25, 0.3) is 0 Å². The van der Waals surface area contributed by atoms with Crippen molar-refractivity contribution >= 4 is 0 Å². The molecule has 1 aromatic carbocycles. The van der Waals surface area contributed by atoms with Crippen molar-refractivity contribution < 1.29 is 19.1 Å². The molecule has 0 bridgehead atoms. The Hall–Kier alpha value is -1.92. The first-order valence-electron chi connectivity index (χ1n) is 6.96. The van der Waals surface area contributed by atoms with Crippen LogP contribution in [0.1, 0.15) is 23.2 Å². The monoisotopic (exact) mass is 290 g/mol. The van der Waals surface area contributed by atoms with E-state index in [9.17, 15) is 5.11 Å². The van der Waals surface area contributed by atoms with Crippen LogP contribution in [0.5, 0.6) is 5.75 Å². The molecule has 6 nitrogen and oxygen atoms in total. The van der Waals surface area contributed by atoms with Crippen LogP contribution in [0.3, 0.4) is 0 Å². The van der Waals surface area contributed by atoms with Crippen molar-refractivity contribution in [3.05, 3.63) is 41.5 Å². The number of para-hydroxylation sites is 1. The highest BCUT2D eigenvalue weighted by Gasteiger charge is 2.25. The van der Waals surface area contributed by atoms with Gasteiger partial charge in [0, 0.05) is 7.11 Å². The van der Waals surface area contributed by atoms with Crippen molar-refractivity contribution in [1.82, 2.24) is 10.1 Å². The molecule has 0 saturated carbocycles. The molecule has 1 aliphatic heterocycles. The van der Waals surface area contributed by atoms with Crippen molar-refractivity contribution in [1.29, 1.82) is 0 Å². The van der Waals surface area contributed by atoms with Crippen LogP contribution in [-0.2, 0) is 17.6 Å². The molecule has 21 heavy (non-hydrogen) atoms. The Labute approximate surface area is 122 Å². The van der Waals surface area contributed by atoms with E-state index in [2.05, 4.69) is 10.1 Å². The molecule has 1 aromatic heterocycles. The van der Waals surface area contributed by atoms with E-state index in [0.29, 0.717) is 24.7 Å². The molecule has 2 unspecified atom stereocenters. The molecule has 0 radical (unpaired) electrons. The molecule has 0 amide bonds. The van der Waals surface area contributed by atoms with E-state index in [1.54, 1.807) is 7.11 Å². The maximum absolute atomic E-state index is 9.67. The predicted octanol–water partition coefficient (Wildman–Crippen LogP) is 1.34. The summed E-state index contributed by atoms with van der Waals surface area (Å²) in [6.45, 7) is 0.786. The summed E-state index contributed by atoms with van der Waals surface area (Å²) in [4.78, 5) is 4.36. The zero-order valence-electron chi connectivity index (χ0n) is 11.9. The Balaban J connectivity index is 1.67. The number of aliphatic hydroxyl groups is 1. The van der Waals surface area contributed by atoms with Crippen molar-refractivity contribution in [2.75, 3.05) is 20.3 Å². The lowest BCUT2D eigenvalue weighted by Crippen LogP contribution is -2.20. The first-order valence-corrected chi connectivity index (χ1v) is 6.96. The average molecular weight is 290 g/mol.